The fourth-order valence-corrected chi connectivity index (χ4v) is 9.79. The van der Waals surface area contributed by atoms with Crippen molar-refractivity contribution in [3.63, 3.8) is 0 Å². The third kappa shape index (κ3) is 52.5. The molecule has 3 atom stereocenters. The molecule has 0 fully saturated rings. The average Bonchev–Trinajstić information content (AvgIpc) is 3.33. The standard InChI is InChI=1S/C62H121NO4/c1-3-5-7-9-11-13-15-17-19-21-22-23-24-25-26-27-28-29-30-31-32-33-34-35-36-37-38-39-41-43-45-47-49-51-53-55-57-61(66)62(67)63-59(58-64)60(65)56-54-52-50-48-46-44-42-40-20-18-16-14-12-10-8-6-4-2/h46,48,54,56,59-61,64-66H,3-45,47,49-53,55,57-58H2,1-2H3,(H,63,67)/b48-46+,56-54+. The van der Waals surface area contributed by atoms with Gasteiger partial charge in [-0.15, -0.1) is 0 Å². The lowest BCUT2D eigenvalue weighted by atomic mass is 10.0. The Kier molecular flexibility index (Phi) is 56.4. The van der Waals surface area contributed by atoms with Crippen LogP contribution in [-0.2, 0) is 4.79 Å². The molecule has 5 heteroatoms. The summed E-state index contributed by atoms with van der Waals surface area (Å²) in [7, 11) is 0. The van der Waals surface area contributed by atoms with Crippen LogP contribution in [0.15, 0.2) is 24.3 Å². The molecule has 67 heavy (non-hydrogen) atoms. The molecule has 0 saturated carbocycles. The molecule has 0 spiro atoms. The molecule has 0 aliphatic rings. The van der Waals surface area contributed by atoms with Gasteiger partial charge in [0.25, 0.3) is 0 Å². The first-order chi connectivity index (χ1) is 33.1. The normalized spacial score (nSPS) is 13.3. The Morgan fingerprint density at radius 1 is 0.358 bits per heavy atom. The first-order valence-electron chi connectivity index (χ1n) is 30.7. The molecular formula is C62H121NO4. The van der Waals surface area contributed by atoms with Gasteiger partial charge in [-0.1, -0.05) is 334 Å². The van der Waals surface area contributed by atoms with Crippen molar-refractivity contribution in [2.24, 2.45) is 0 Å². The fraction of sp³-hybridized carbons (Fsp3) is 0.919. The van der Waals surface area contributed by atoms with E-state index in [-0.39, 0.29) is 6.61 Å². The first kappa shape index (κ1) is 65.8. The zero-order chi connectivity index (χ0) is 48.6. The second-order valence-electron chi connectivity index (χ2n) is 21.3. The van der Waals surface area contributed by atoms with Gasteiger partial charge in [0.2, 0.25) is 5.91 Å². The van der Waals surface area contributed by atoms with Crippen molar-refractivity contribution in [2.45, 2.75) is 360 Å². The molecule has 0 heterocycles. The Balaban J connectivity index is 3.47. The Morgan fingerprint density at radius 2 is 0.612 bits per heavy atom. The van der Waals surface area contributed by atoms with E-state index in [9.17, 15) is 20.1 Å². The second-order valence-corrected chi connectivity index (χ2v) is 21.3. The Bertz CT molecular complexity index is 998. The number of carbonyl (C=O) groups is 1. The molecule has 0 rings (SSSR count). The average molecular weight is 945 g/mol. The molecule has 0 aromatic carbocycles. The number of aliphatic hydroxyl groups is 3. The molecule has 398 valence electrons. The summed E-state index contributed by atoms with van der Waals surface area (Å²) >= 11 is 0. The maximum absolute atomic E-state index is 12.5. The van der Waals surface area contributed by atoms with Crippen molar-refractivity contribution in [3.8, 4) is 0 Å². The topological polar surface area (TPSA) is 89.8 Å². The van der Waals surface area contributed by atoms with Crippen molar-refractivity contribution in [1.82, 2.24) is 5.32 Å². The van der Waals surface area contributed by atoms with Crippen LogP contribution in [0.3, 0.4) is 0 Å². The van der Waals surface area contributed by atoms with Crippen LogP contribution >= 0.6 is 0 Å². The predicted octanol–water partition coefficient (Wildman–Crippen LogP) is 19.2. The van der Waals surface area contributed by atoms with E-state index >= 15 is 0 Å². The molecule has 0 aromatic heterocycles. The van der Waals surface area contributed by atoms with Gasteiger partial charge < -0.3 is 20.6 Å². The maximum Gasteiger partial charge on any atom is 0.249 e. The minimum atomic E-state index is -1.10. The number of hydrogen-bond donors (Lipinski definition) is 4. The van der Waals surface area contributed by atoms with Crippen LogP contribution in [0.25, 0.3) is 0 Å². The quantitative estimate of drug-likeness (QED) is 0.0361. The molecule has 0 radical (unpaired) electrons. The summed E-state index contributed by atoms with van der Waals surface area (Å²) in [6.45, 7) is 4.21. The number of nitrogens with one attached hydrogen (secondary N) is 1. The van der Waals surface area contributed by atoms with Gasteiger partial charge in [0, 0.05) is 0 Å². The molecule has 0 saturated heterocycles. The number of amides is 1. The fourth-order valence-electron chi connectivity index (χ4n) is 9.79. The zero-order valence-electron chi connectivity index (χ0n) is 45.6. The Morgan fingerprint density at radius 3 is 0.910 bits per heavy atom. The summed E-state index contributed by atoms with van der Waals surface area (Å²) in [5, 5.41) is 33.3. The van der Waals surface area contributed by atoms with Gasteiger partial charge in [-0.05, 0) is 32.1 Å². The molecule has 3 unspecified atom stereocenters. The van der Waals surface area contributed by atoms with Crippen molar-refractivity contribution < 1.29 is 20.1 Å². The van der Waals surface area contributed by atoms with Gasteiger partial charge in [-0.25, -0.2) is 0 Å². The Hall–Kier alpha value is -1.17. The number of unbranched alkanes of at least 4 members (excludes halogenated alkanes) is 47. The largest absolute Gasteiger partial charge is 0.394 e. The third-order valence-corrected chi connectivity index (χ3v) is 14.5. The number of aliphatic hydroxyl groups excluding tert-OH is 3. The van der Waals surface area contributed by atoms with Gasteiger partial charge in [0.1, 0.15) is 6.10 Å². The van der Waals surface area contributed by atoms with Gasteiger partial charge >= 0.3 is 0 Å². The highest BCUT2D eigenvalue weighted by atomic mass is 16.3. The van der Waals surface area contributed by atoms with Gasteiger partial charge in [-0.2, -0.15) is 0 Å². The summed E-state index contributed by atoms with van der Waals surface area (Å²) < 4.78 is 0. The molecule has 5 nitrogen and oxygen atoms in total. The molecule has 0 aliphatic heterocycles. The molecular weight excluding hydrogens is 823 g/mol. The van der Waals surface area contributed by atoms with Crippen LogP contribution in [0.2, 0.25) is 0 Å². The van der Waals surface area contributed by atoms with E-state index < -0.39 is 24.2 Å². The molecule has 0 aromatic rings. The smallest absolute Gasteiger partial charge is 0.249 e. The minimum Gasteiger partial charge on any atom is -0.394 e. The van der Waals surface area contributed by atoms with Crippen LogP contribution < -0.4 is 5.32 Å². The van der Waals surface area contributed by atoms with Crippen LogP contribution in [-0.4, -0.2) is 46.1 Å². The van der Waals surface area contributed by atoms with Gasteiger partial charge in [-0.3, -0.25) is 4.79 Å². The van der Waals surface area contributed by atoms with Crippen LogP contribution in [0.1, 0.15) is 341 Å². The number of hydrogen-bond acceptors (Lipinski definition) is 4. The highest BCUT2D eigenvalue weighted by molar-refractivity contribution is 5.80. The summed E-state index contributed by atoms with van der Waals surface area (Å²) in [5.41, 5.74) is 0. The highest BCUT2D eigenvalue weighted by Crippen LogP contribution is 2.18. The van der Waals surface area contributed by atoms with Crippen molar-refractivity contribution >= 4 is 5.91 Å². The lowest BCUT2D eigenvalue weighted by molar-refractivity contribution is -0.131. The van der Waals surface area contributed by atoms with Crippen molar-refractivity contribution in [3.05, 3.63) is 24.3 Å². The van der Waals surface area contributed by atoms with E-state index in [1.807, 2.05) is 6.08 Å². The van der Waals surface area contributed by atoms with E-state index in [4.69, 9.17) is 0 Å². The summed E-state index contributed by atoms with van der Waals surface area (Å²) in [4.78, 5) is 12.5. The molecule has 1 amide bonds. The van der Waals surface area contributed by atoms with Crippen LogP contribution in [0, 0.1) is 0 Å². The van der Waals surface area contributed by atoms with E-state index in [0.717, 1.165) is 38.5 Å². The van der Waals surface area contributed by atoms with E-state index in [1.165, 1.54) is 283 Å². The highest BCUT2D eigenvalue weighted by Gasteiger charge is 2.22. The monoisotopic (exact) mass is 944 g/mol. The molecule has 0 aliphatic carbocycles. The van der Waals surface area contributed by atoms with Gasteiger partial charge in [0.15, 0.2) is 0 Å². The Labute approximate surface area is 420 Å². The van der Waals surface area contributed by atoms with Crippen molar-refractivity contribution in [2.75, 3.05) is 6.61 Å². The zero-order valence-corrected chi connectivity index (χ0v) is 45.6. The molecule has 4 N–H and O–H groups in total. The van der Waals surface area contributed by atoms with E-state index in [0.29, 0.717) is 6.42 Å². The van der Waals surface area contributed by atoms with Crippen LogP contribution in [0.5, 0.6) is 0 Å². The summed E-state index contributed by atoms with van der Waals surface area (Å²) in [6, 6.07) is -0.812. The summed E-state index contributed by atoms with van der Waals surface area (Å²) in [6.07, 6.45) is 74.4. The lowest BCUT2D eigenvalue weighted by Crippen LogP contribution is -2.48. The lowest BCUT2D eigenvalue weighted by Gasteiger charge is -2.21. The summed E-state index contributed by atoms with van der Waals surface area (Å²) in [5.74, 6) is -0.506. The SMILES string of the molecule is CCCCCCCCCCCCC/C=C/CC/C=C/C(O)C(CO)NC(=O)C(O)CCCCCCCCCCCCCCCCCCCCCCCCCCCCCCCCCCCCCC. The number of carbonyl (C=O) groups excluding carboxylic acids is 1. The van der Waals surface area contributed by atoms with Crippen LogP contribution in [0.4, 0.5) is 0 Å². The maximum atomic E-state index is 12.5. The predicted molar refractivity (Wildman–Crippen MR) is 296 cm³/mol. The third-order valence-electron chi connectivity index (χ3n) is 14.5. The molecule has 0 bridgehead atoms. The number of allylic oxidation sites excluding steroid dienone is 3. The van der Waals surface area contributed by atoms with Crippen molar-refractivity contribution in [1.29, 1.82) is 0 Å². The minimum absolute atomic E-state index is 0.372. The van der Waals surface area contributed by atoms with E-state index in [1.54, 1.807) is 6.08 Å². The first-order valence-corrected chi connectivity index (χ1v) is 30.7. The van der Waals surface area contributed by atoms with E-state index in [2.05, 4.69) is 31.3 Å². The number of rotatable bonds is 57. The second kappa shape index (κ2) is 57.4. The van der Waals surface area contributed by atoms with Gasteiger partial charge in [0.05, 0.1) is 18.8 Å².